The van der Waals surface area contributed by atoms with E-state index in [1.807, 2.05) is 6.08 Å². The van der Waals surface area contributed by atoms with Gasteiger partial charge in [-0.1, -0.05) is 40.9 Å². The van der Waals surface area contributed by atoms with Crippen molar-refractivity contribution in [2.45, 2.75) is 25.7 Å². The van der Waals surface area contributed by atoms with Gasteiger partial charge in [0.2, 0.25) is 23.6 Å². The van der Waals surface area contributed by atoms with Gasteiger partial charge in [-0.25, -0.2) is 9.29 Å². The van der Waals surface area contributed by atoms with Crippen molar-refractivity contribution in [1.29, 1.82) is 0 Å². The van der Waals surface area contributed by atoms with E-state index in [-0.39, 0.29) is 39.7 Å². The Balaban J connectivity index is 1.55. The average Bonchev–Trinajstić information content (AvgIpc) is 3.24. The van der Waals surface area contributed by atoms with Crippen molar-refractivity contribution < 1.29 is 28.7 Å². The number of hydrogen-bond acceptors (Lipinski definition) is 5. The molecule has 4 amide bonds. The number of hydrogen-bond donors (Lipinski definition) is 2. The van der Waals surface area contributed by atoms with Gasteiger partial charge in [0.05, 0.1) is 33.9 Å². The van der Waals surface area contributed by atoms with Crippen molar-refractivity contribution >= 4 is 52.5 Å². The maximum atomic E-state index is 14.2. The third kappa shape index (κ3) is 3.25. The van der Waals surface area contributed by atoms with Gasteiger partial charge in [0, 0.05) is 10.9 Å². The van der Waals surface area contributed by atoms with Gasteiger partial charge < -0.3 is 5.11 Å². The summed E-state index contributed by atoms with van der Waals surface area (Å²) in [6, 6.07) is 8.11. The molecule has 1 saturated carbocycles. The summed E-state index contributed by atoms with van der Waals surface area (Å²) in [6.45, 7) is 1.71. The van der Waals surface area contributed by atoms with Crippen LogP contribution in [0.3, 0.4) is 0 Å². The molecule has 2 saturated heterocycles. The van der Waals surface area contributed by atoms with Crippen LogP contribution in [-0.2, 0) is 19.2 Å². The second-order valence-corrected chi connectivity index (χ2v) is 11.1. The molecule has 7 nitrogen and oxygen atoms in total. The van der Waals surface area contributed by atoms with Crippen LogP contribution < -0.4 is 10.2 Å². The molecule has 0 spiro atoms. The van der Waals surface area contributed by atoms with E-state index in [9.17, 15) is 28.7 Å². The number of phenolic OH excluding ortho intramolecular Hbond substituents is 1. The van der Waals surface area contributed by atoms with Crippen LogP contribution in [0.15, 0.2) is 48.0 Å². The summed E-state index contributed by atoms with van der Waals surface area (Å²) in [4.78, 5) is 54.4. The largest absolute Gasteiger partial charge is 0.508 e. The Morgan fingerprint density at radius 3 is 2.49 bits per heavy atom. The first-order chi connectivity index (χ1) is 17.5. The Morgan fingerprint density at radius 2 is 1.78 bits per heavy atom. The van der Waals surface area contributed by atoms with E-state index < -0.39 is 52.6 Å². The molecule has 0 bridgehead atoms. The van der Waals surface area contributed by atoms with Crippen LogP contribution >= 0.6 is 23.2 Å². The molecule has 0 aromatic heterocycles. The van der Waals surface area contributed by atoms with Gasteiger partial charge >= 0.3 is 0 Å². The van der Waals surface area contributed by atoms with E-state index in [4.69, 9.17) is 23.2 Å². The standard InChI is InChI=1S/C27H21Cl2FN2O5/c1-27-17(25(36)32(26(27)37)11-2-7-20(30)19(29)8-11)10-16-13(5-6-15-21(16)24(35)31-23(15)34)22(27)14-4-3-12(33)9-18(14)28/h2-5,7-9,15-17,21-22,33H,6,10H2,1H3,(H,31,34,35). The molecule has 6 atom stereocenters. The predicted octanol–water partition coefficient (Wildman–Crippen LogP) is 4.36. The first-order valence-electron chi connectivity index (χ1n) is 11.9. The van der Waals surface area contributed by atoms with E-state index in [0.29, 0.717) is 12.0 Å². The van der Waals surface area contributed by atoms with Crippen LogP contribution in [-0.4, -0.2) is 28.7 Å². The van der Waals surface area contributed by atoms with E-state index in [1.54, 1.807) is 13.0 Å². The van der Waals surface area contributed by atoms with Gasteiger partial charge in [0.25, 0.3) is 0 Å². The number of benzene rings is 2. The SMILES string of the molecule is CC12C(=O)N(c3ccc(F)c(Cl)c3)C(=O)C1CC1C(=CCC3C(=O)NC(=O)C31)C2c1ccc(O)cc1Cl. The number of nitrogens with one attached hydrogen (secondary N) is 1. The normalized spacial score (nSPS) is 32.6. The molecule has 37 heavy (non-hydrogen) atoms. The number of aromatic hydroxyl groups is 1. The minimum absolute atomic E-state index is 0.0577. The van der Waals surface area contributed by atoms with Gasteiger partial charge in [-0.15, -0.1) is 0 Å². The van der Waals surface area contributed by atoms with Crippen LogP contribution in [0.5, 0.6) is 5.75 Å². The molecule has 6 rings (SSSR count). The zero-order valence-electron chi connectivity index (χ0n) is 19.5. The van der Waals surface area contributed by atoms with Crippen molar-refractivity contribution in [2.24, 2.45) is 29.1 Å². The van der Waals surface area contributed by atoms with Crippen molar-refractivity contribution in [3.63, 3.8) is 0 Å². The molecule has 2 aromatic rings. The average molecular weight is 543 g/mol. The summed E-state index contributed by atoms with van der Waals surface area (Å²) in [7, 11) is 0. The zero-order chi connectivity index (χ0) is 26.4. The van der Waals surface area contributed by atoms with Gasteiger partial charge in [-0.3, -0.25) is 24.5 Å². The fraction of sp³-hybridized carbons (Fsp3) is 0.333. The maximum Gasteiger partial charge on any atom is 0.241 e. The molecular weight excluding hydrogens is 522 g/mol. The number of nitrogens with zero attached hydrogens (tertiary/aromatic N) is 1. The lowest BCUT2D eigenvalue weighted by atomic mass is 9.51. The first-order valence-corrected chi connectivity index (χ1v) is 12.7. The van der Waals surface area contributed by atoms with Crippen LogP contribution in [0.25, 0.3) is 0 Å². The molecule has 2 aliphatic carbocycles. The van der Waals surface area contributed by atoms with E-state index >= 15 is 0 Å². The van der Waals surface area contributed by atoms with Crippen molar-refractivity contribution in [3.8, 4) is 5.75 Å². The van der Waals surface area contributed by atoms with Crippen molar-refractivity contribution in [1.82, 2.24) is 5.32 Å². The Labute approximate surface area is 221 Å². The van der Waals surface area contributed by atoms with E-state index in [1.165, 1.54) is 24.3 Å². The zero-order valence-corrected chi connectivity index (χ0v) is 21.0. The van der Waals surface area contributed by atoms with Gasteiger partial charge in [-0.2, -0.15) is 0 Å². The lowest BCUT2D eigenvalue weighted by Gasteiger charge is -2.49. The lowest BCUT2D eigenvalue weighted by Crippen LogP contribution is -2.48. The summed E-state index contributed by atoms with van der Waals surface area (Å²) >= 11 is 12.6. The number of allylic oxidation sites excluding steroid dienone is 2. The fourth-order valence-corrected chi connectivity index (χ4v) is 7.35. The van der Waals surface area contributed by atoms with Crippen molar-refractivity contribution in [2.75, 3.05) is 4.90 Å². The second-order valence-electron chi connectivity index (χ2n) is 10.3. The maximum absolute atomic E-state index is 14.2. The van der Waals surface area contributed by atoms with Gasteiger partial charge in [-0.05, 0) is 61.6 Å². The highest BCUT2D eigenvalue weighted by molar-refractivity contribution is 6.32. The number of anilines is 1. The molecule has 2 aromatic carbocycles. The Morgan fingerprint density at radius 1 is 1.03 bits per heavy atom. The lowest BCUT2D eigenvalue weighted by molar-refractivity contribution is -0.131. The monoisotopic (exact) mass is 542 g/mol. The summed E-state index contributed by atoms with van der Waals surface area (Å²) < 4.78 is 13.9. The molecule has 10 heteroatoms. The van der Waals surface area contributed by atoms with Crippen molar-refractivity contribution in [3.05, 3.63) is 69.5 Å². The minimum Gasteiger partial charge on any atom is -0.508 e. The third-order valence-corrected chi connectivity index (χ3v) is 9.19. The number of phenols is 1. The van der Waals surface area contributed by atoms with E-state index in [0.717, 1.165) is 16.5 Å². The van der Waals surface area contributed by atoms with E-state index in [2.05, 4.69) is 5.32 Å². The van der Waals surface area contributed by atoms with Crippen LogP contribution in [0, 0.1) is 34.9 Å². The molecule has 0 radical (unpaired) electrons. The summed E-state index contributed by atoms with van der Waals surface area (Å²) in [5.41, 5.74) is 0.160. The number of carbonyl (C=O) groups is 4. The molecule has 2 heterocycles. The van der Waals surface area contributed by atoms with Crippen LogP contribution in [0.1, 0.15) is 31.2 Å². The number of imide groups is 2. The highest BCUT2D eigenvalue weighted by Crippen LogP contribution is 2.63. The number of amides is 4. The fourth-order valence-electron chi connectivity index (χ4n) is 6.89. The molecule has 3 fully saturated rings. The molecule has 190 valence electrons. The molecule has 2 N–H and O–H groups in total. The third-order valence-electron chi connectivity index (χ3n) is 8.57. The Kier molecular flexibility index (Phi) is 5.30. The smallest absolute Gasteiger partial charge is 0.241 e. The first kappa shape index (κ1) is 24.1. The number of halogens is 3. The molecular formula is C27H21Cl2FN2O5. The highest BCUT2D eigenvalue weighted by atomic mass is 35.5. The Bertz CT molecular complexity index is 1460. The van der Waals surface area contributed by atoms with Gasteiger partial charge in [0.1, 0.15) is 11.6 Å². The summed E-state index contributed by atoms with van der Waals surface area (Å²) in [5.74, 6) is -5.65. The molecule has 2 aliphatic heterocycles. The summed E-state index contributed by atoms with van der Waals surface area (Å²) in [6.07, 6.45) is 2.40. The number of fused-ring (bicyclic) bond motifs is 4. The Hall–Kier alpha value is -3.23. The van der Waals surface area contributed by atoms with Gasteiger partial charge in [0.15, 0.2) is 0 Å². The number of rotatable bonds is 2. The molecule has 6 unspecified atom stereocenters. The number of carbonyl (C=O) groups excluding carboxylic acids is 4. The topological polar surface area (TPSA) is 104 Å². The van der Waals surface area contributed by atoms with Crippen LogP contribution in [0.4, 0.5) is 10.1 Å². The van der Waals surface area contributed by atoms with Crippen LogP contribution in [0.2, 0.25) is 10.0 Å². The highest BCUT2D eigenvalue weighted by Gasteiger charge is 2.67. The minimum atomic E-state index is -1.30. The predicted molar refractivity (Wildman–Crippen MR) is 132 cm³/mol. The quantitative estimate of drug-likeness (QED) is 0.433. The second kappa shape index (κ2) is 8.13. The summed E-state index contributed by atoms with van der Waals surface area (Å²) in [5, 5.41) is 12.4. The molecule has 4 aliphatic rings.